The van der Waals surface area contributed by atoms with Crippen LogP contribution in [0, 0.1) is 17.3 Å². The first kappa shape index (κ1) is 23.3. The maximum Gasteiger partial charge on any atom is 0.0701 e. The molecule has 0 bridgehead atoms. The molecule has 2 saturated carbocycles. The van der Waals surface area contributed by atoms with Crippen LogP contribution in [-0.2, 0) is 15.9 Å². The monoisotopic (exact) mass is 476 g/mol. The number of aliphatic hydroxyl groups is 1. The standard InChI is InChI=1S/C30H40N2O3/c1-30-13-12-26-25-9-5-23(31-22-3-6-24(7-4-22)32-14-17-34-18-15-32)20-21(25)2-8-27(26)28(30)10-11-29(30)35-19-16-33/h3-7,9,20,26-29,31,33H,2,8,10-19H2,1H3. The summed E-state index contributed by atoms with van der Waals surface area (Å²) >= 11 is 0. The second-order valence-corrected chi connectivity index (χ2v) is 11.3. The van der Waals surface area contributed by atoms with Crippen molar-refractivity contribution in [3.63, 3.8) is 0 Å². The van der Waals surface area contributed by atoms with Crippen LogP contribution in [-0.4, -0.2) is 50.7 Å². The number of hydrogen-bond donors (Lipinski definition) is 2. The molecule has 5 unspecified atom stereocenters. The van der Waals surface area contributed by atoms with Crippen molar-refractivity contribution in [2.75, 3.05) is 49.7 Å². The Morgan fingerprint density at radius 1 is 1.03 bits per heavy atom. The second kappa shape index (κ2) is 9.76. The van der Waals surface area contributed by atoms with Crippen molar-refractivity contribution >= 4 is 17.1 Å². The molecule has 2 N–H and O–H groups in total. The first-order chi connectivity index (χ1) is 17.2. The predicted molar refractivity (Wildman–Crippen MR) is 141 cm³/mol. The largest absolute Gasteiger partial charge is 0.394 e. The van der Waals surface area contributed by atoms with Gasteiger partial charge in [-0.15, -0.1) is 0 Å². The smallest absolute Gasteiger partial charge is 0.0701 e. The third-order valence-electron chi connectivity index (χ3n) is 9.58. The van der Waals surface area contributed by atoms with Gasteiger partial charge in [-0.2, -0.15) is 0 Å². The van der Waals surface area contributed by atoms with Crippen LogP contribution < -0.4 is 10.2 Å². The topological polar surface area (TPSA) is 54.0 Å². The van der Waals surface area contributed by atoms with Gasteiger partial charge >= 0.3 is 0 Å². The van der Waals surface area contributed by atoms with Gasteiger partial charge in [0.05, 0.1) is 32.5 Å². The number of rotatable bonds is 6. The molecule has 4 aliphatic rings. The number of aliphatic hydroxyl groups excluding tert-OH is 1. The van der Waals surface area contributed by atoms with Gasteiger partial charge < -0.3 is 24.8 Å². The molecule has 5 heteroatoms. The Morgan fingerprint density at radius 2 is 1.83 bits per heavy atom. The molecule has 2 aromatic carbocycles. The molecule has 3 aliphatic carbocycles. The van der Waals surface area contributed by atoms with E-state index in [0.717, 1.165) is 50.2 Å². The maximum atomic E-state index is 9.25. The molecular formula is C30H40N2O3. The van der Waals surface area contributed by atoms with Crippen LogP contribution in [0.3, 0.4) is 0 Å². The summed E-state index contributed by atoms with van der Waals surface area (Å²) in [5.74, 6) is 2.21. The van der Waals surface area contributed by atoms with Gasteiger partial charge in [0.15, 0.2) is 0 Å². The number of aryl methyl sites for hydroxylation is 1. The normalized spacial score (nSPS) is 32.0. The quantitative estimate of drug-likeness (QED) is 0.577. The minimum Gasteiger partial charge on any atom is -0.394 e. The van der Waals surface area contributed by atoms with Crippen molar-refractivity contribution in [1.82, 2.24) is 0 Å². The van der Waals surface area contributed by atoms with Gasteiger partial charge in [-0.25, -0.2) is 0 Å². The summed E-state index contributed by atoms with van der Waals surface area (Å²) in [4.78, 5) is 2.39. The van der Waals surface area contributed by atoms with Crippen molar-refractivity contribution in [3.05, 3.63) is 53.6 Å². The van der Waals surface area contributed by atoms with E-state index < -0.39 is 0 Å². The summed E-state index contributed by atoms with van der Waals surface area (Å²) in [6, 6.07) is 15.9. The average Bonchev–Trinajstić information content (AvgIpc) is 3.24. The fourth-order valence-corrected chi connectivity index (χ4v) is 7.82. The Hall–Kier alpha value is -2.08. The van der Waals surface area contributed by atoms with E-state index in [4.69, 9.17) is 9.47 Å². The molecule has 188 valence electrons. The van der Waals surface area contributed by atoms with Crippen molar-refractivity contribution in [1.29, 1.82) is 0 Å². The van der Waals surface area contributed by atoms with E-state index in [9.17, 15) is 5.11 Å². The Kier molecular flexibility index (Phi) is 6.50. The first-order valence-electron chi connectivity index (χ1n) is 13.7. The number of anilines is 3. The maximum absolute atomic E-state index is 9.25. The second-order valence-electron chi connectivity index (χ2n) is 11.3. The SMILES string of the molecule is CC12CCC3c4ccc(Nc5ccc(N6CCOCC6)cc5)cc4CCC3C1CCC2OCCO. The fraction of sp³-hybridized carbons (Fsp3) is 0.600. The molecule has 3 fully saturated rings. The van der Waals surface area contributed by atoms with Crippen molar-refractivity contribution < 1.29 is 14.6 Å². The van der Waals surface area contributed by atoms with Crippen molar-refractivity contribution in [2.24, 2.45) is 17.3 Å². The zero-order chi connectivity index (χ0) is 23.8. The number of hydrogen-bond acceptors (Lipinski definition) is 5. The van der Waals surface area contributed by atoms with E-state index >= 15 is 0 Å². The van der Waals surface area contributed by atoms with Crippen LogP contribution in [0.2, 0.25) is 0 Å². The van der Waals surface area contributed by atoms with Gasteiger partial charge in [0, 0.05) is 30.2 Å². The molecule has 0 aromatic heterocycles. The Balaban J connectivity index is 1.14. The number of nitrogens with zero attached hydrogens (tertiary/aromatic N) is 1. The molecule has 2 aromatic rings. The molecule has 0 amide bonds. The molecule has 5 nitrogen and oxygen atoms in total. The van der Waals surface area contributed by atoms with Gasteiger partial charge in [0.1, 0.15) is 0 Å². The minimum atomic E-state index is 0.130. The zero-order valence-electron chi connectivity index (χ0n) is 21.0. The van der Waals surface area contributed by atoms with Crippen LogP contribution in [0.4, 0.5) is 17.1 Å². The minimum absolute atomic E-state index is 0.130. The van der Waals surface area contributed by atoms with Crippen LogP contribution in [0.5, 0.6) is 0 Å². The molecule has 0 spiro atoms. The molecule has 6 rings (SSSR count). The van der Waals surface area contributed by atoms with Crippen molar-refractivity contribution in [2.45, 2.75) is 57.5 Å². The zero-order valence-corrected chi connectivity index (χ0v) is 21.0. The Labute approximate surface area is 209 Å². The van der Waals surface area contributed by atoms with E-state index in [-0.39, 0.29) is 12.0 Å². The number of ether oxygens (including phenoxy) is 2. The average molecular weight is 477 g/mol. The van der Waals surface area contributed by atoms with Gasteiger partial charge in [-0.1, -0.05) is 13.0 Å². The molecule has 1 heterocycles. The summed E-state index contributed by atoms with van der Waals surface area (Å²) in [6.45, 7) is 6.65. The van der Waals surface area contributed by atoms with E-state index in [1.807, 2.05) is 0 Å². The third-order valence-corrected chi connectivity index (χ3v) is 9.58. The van der Waals surface area contributed by atoms with Crippen LogP contribution in [0.1, 0.15) is 56.1 Å². The highest BCUT2D eigenvalue weighted by molar-refractivity contribution is 5.64. The number of fused-ring (bicyclic) bond motifs is 5. The molecule has 0 radical (unpaired) electrons. The van der Waals surface area contributed by atoms with E-state index in [0.29, 0.717) is 18.6 Å². The summed E-state index contributed by atoms with van der Waals surface area (Å²) in [5, 5.41) is 12.9. The Morgan fingerprint density at radius 3 is 2.63 bits per heavy atom. The van der Waals surface area contributed by atoms with E-state index in [1.165, 1.54) is 49.0 Å². The Bertz CT molecular complexity index is 1020. The molecule has 1 saturated heterocycles. The fourth-order valence-electron chi connectivity index (χ4n) is 7.82. The van der Waals surface area contributed by atoms with Crippen LogP contribution in [0.15, 0.2) is 42.5 Å². The molecule has 5 atom stereocenters. The lowest BCUT2D eigenvalue weighted by molar-refractivity contribution is -0.0710. The van der Waals surface area contributed by atoms with E-state index in [1.54, 1.807) is 5.56 Å². The first-order valence-corrected chi connectivity index (χ1v) is 13.7. The highest BCUT2D eigenvalue weighted by Crippen LogP contribution is 2.61. The summed E-state index contributed by atoms with van der Waals surface area (Å²) < 4.78 is 11.6. The van der Waals surface area contributed by atoms with Gasteiger partial charge in [0.25, 0.3) is 0 Å². The lowest BCUT2D eigenvalue weighted by atomic mass is 9.55. The molecule has 35 heavy (non-hydrogen) atoms. The summed E-state index contributed by atoms with van der Waals surface area (Å²) in [7, 11) is 0. The van der Waals surface area contributed by atoms with E-state index in [2.05, 4.69) is 59.6 Å². The van der Waals surface area contributed by atoms with Crippen LogP contribution >= 0.6 is 0 Å². The predicted octanol–water partition coefficient (Wildman–Crippen LogP) is 5.50. The lowest BCUT2D eigenvalue weighted by Gasteiger charge is -2.50. The third kappa shape index (κ3) is 4.36. The van der Waals surface area contributed by atoms with Crippen LogP contribution in [0.25, 0.3) is 0 Å². The summed E-state index contributed by atoms with van der Waals surface area (Å²) in [6.07, 6.45) is 7.74. The number of nitrogens with one attached hydrogen (secondary N) is 1. The molecule has 1 aliphatic heterocycles. The van der Waals surface area contributed by atoms with Gasteiger partial charge in [-0.05, 0) is 109 Å². The number of benzene rings is 2. The highest BCUT2D eigenvalue weighted by atomic mass is 16.5. The summed E-state index contributed by atoms with van der Waals surface area (Å²) in [5.41, 5.74) is 7.02. The molecular weight excluding hydrogens is 436 g/mol. The highest BCUT2D eigenvalue weighted by Gasteiger charge is 2.55. The van der Waals surface area contributed by atoms with Gasteiger partial charge in [0.2, 0.25) is 0 Å². The number of morpholine rings is 1. The lowest BCUT2D eigenvalue weighted by Crippen LogP contribution is -2.44. The van der Waals surface area contributed by atoms with Crippen molar-refractivity contribution in [3.8, 4) is 0 Å². The van der Waals surface area contributed by atoms with Gasteiger partial charge in [-0.3, -0.25) is 0 Å².